The molecule has 1 saturated heterocycles. The Morgan fingerprint density at radius 1 is 1.23 bits per heavy atom. The first-order valence-electron chi connectivity index (χ1n) is 4.71. The van der Waals surface area contributed by atoms with Crippen LogP contribution in [0.5, 0.6) is 0 Å². The first-order valence-corrected chi connectivity index (χ1v) is 4.71. The molecule has 0 aromatic rings. The maximum atomic E-state index is 11.1. The van der Waals surface area contributed by atoms with Crippen molar-refractivity contribution in [2.24, 2.45) is 0 Å². The summed E-state index contributed by atoms with van der Waals surface area (Å²) in [5.41, 5.74) is 0. The number of amides is 2. The summed E-state index contributed by atoms with van der Waals surface area (Å²) in [5.74, 6) is -0.422. The molecule has 4 nitrogen and oxygen atoms in total. The first-order chi connectivity index (χ1) is 6.19. The monoisotopic (exact) mass is 185 g/mol. The van der Waals surface area contributed by atoms with Crippen LogP contribution < -0.4 is 0 Å². The SMILES string of the molecule is CCC(CC)ON1C(=O)CCC1=O. The Labute approximate surface area is 77.8 Å². The summed E-state index contributed by atoms with van der Waals surface area (Å²) in [7, 11) is 0. The minimum atomic E-state index is -0.211. The van der Waals surface area contributed by atoms with E-state index in [0.29, 0.717) is 12.8 Å². The number of hydrogen-bond acceptors (Lipinski definition) is 3. The number of nitrogens with zero attached hydrogens (tertiary/aromatic N) is 1. The van der Waals surface area contributed by atoms with Crippen molar-refractivity contribution in [2.45, 2.75) is 45.6 Å². The van der Waals surface area contributed by atoms with E-state index in [2.05, 4.69) is 0 Å². The summed E-state index contributed by atoms with van der Waals surface area (Å²) >= 11 is 0. The van der Waals surface area contributed by atoms with E-state index < -0.39 is 0 Å². The maximum Gasteiger partial charge on any atom is 0.254 e. The average Bonchev–Trinajstić information content (AvgIpc) is 2.44. The van der Waals surface area contributed by atoms with Gasteiger partial charge < -0.3 is 0 Å². The minimum absolute atomic E-state index is 0.0222. The fourth-order valence-corrected chi connectivity index (χ4v) is 1.26. The largest absolute Gasteiger partial charge is 0.272 e. The highest BCUT2D eigenvalue weighted by Gasteiger charge is 2.31. The fourth-order valence-electron chi connectivity index (χ4n) is 1.26. The summed E-state index contributed by atoms with van der Waals surface area (Å²) in [6, 6.07) is 0. The number of carbonyl (C=O) groups excluding carboxylic acids is 2. The fraction of sp³-hybridized carbons (Fsp3) is 0.778. The van der Waals surface area contributed by atoms with E-state index in [0.717, 1.165) is 17.9 Å². The van der Waals surface area contributed by atoms with Crippen molar-refractivity contribution in [3.05, 3.63) is 0 Å². The molecule has 0 unspecified atom stereocenters. The summed E-state index contributed by atoms with van der Waals surface area (Å²) in [6.07, 6.45) is 2.19. The van der Waals surface area contributed by atoms with Crippen molar-refractivity contribution >= 4 is 11.8 Å². The van der Waals surface area contributed by atoms with Crippen molar-refractivity contribution in [3.8, 4) is 0 Å². The predicted molar refractivity (Wildman–Crippen MR) is 46.5 cm³/mol. The molecule has 0 radical (unpaired) electrons. The third-order valence-corrected chi connectivity index (χ3v) is 2.17. The smallest absolute Gasteiger partial charge is 0.254 e. The van der Waals surface area contributed by atoms with Gasteiger partial charge >= 0.3 is 0 Å². The van der Waals surface area contributed by atoms with Gasteiger partial charge in [0.1, 0.15) is 0 Å². The van der Waals surface area contributed by atoms with Gasteiger partial charge in [0.25, 0.3) is 11.8 Å². The molecule has 2 amide bonds. The molecule has 1 aliphatic rings. The van der Waals surface area contributed by atoms with Crippen molar-refractivity contribution in [1.82, 2.24) is 5.06 Å². The van der Waals surface area contributed by atoms with Crippen LogP contribution in [-0.4, -0.2) is 23.0 Å². The average molecular weight is 185 g/mol. The van der Waals surface area contributed by atoms with E-state index in [1.54, 1.807) is 0 Å². The maximum absolute atomic E-state index is 11.1. The highest BCUT2D eigenvalue weighted by molar-refractivity contribution is 6.00. The Balaban J connectivity index is 2.51. The molecule has 0 bridgehead atoms. The van der Waals surface area contributed by atoms with Crippen molar-refractivity contribution < 1.29 is 14.4 Å². The Hall–Kier alpha value is -0.900. The van der Waals surface area contributed by atoms with Gasteiger partial charge in [0.15, 0.2) is 0 Å². The first kappa shape index (κ1) is 10.2. The van der Waals surface area contributed by atoms with Crippen LogP contribution in [0.2, 0.25) is 0 Å². The third-order valence-electron chi connectivity index (χ3n) is 2.17. The van der Waals surface area contributed by atoms with Crippen molar-refractivity contribution in [1.29, 1.82) is 0 Å². The number of imide groups is 1. The number of carbonyl (C=O) groups is 2. The molecular weight excluding hydrogens is 170 g/mol. The Morgan fingerprint density at radius 3 is 2.08 bits per heavy atom. The van der Waals surface area contributed by atoms with Crippen LogP contribution in [0.25, 0.3) is 0 Å². The summed E-state index contributed by atoms with van der Waals surface area (Å²) in [4.78, 5) is 27.5. The molecular formula is C9H15NO3. The molecule has 74 valence electrons. The topological polar surface area (TPSA) is 46.6 Å². The van der Waals surface area contributed by atoms with E-state index in [1.807, 2.05) is 13.8 Å². The van der Waals surface area contributed by atoms with Crippen LogP contribution in [0, 0.1) is 0 Å². The van der Waals surface area contributed by atoms with Gasteiger partial charge in [-0.25, -0.2) is 0 Å². The summed E-state index contributed by atoms with van der Waals surface area (Å²) in [6.45, 7) is 3.94. The zero-order valence-electron chi connectivity index (χ0n) is 8.08. The van der Waals surface area contributed by atoms with Crippen LogP contribution in [0.1, 0.15) is 39.5 Å². The third kappa shape index (κ3) is 2.28. The summed E-state index contributed by atoms with van der Waals surface area (Å²) < 4.78 is 0. The van der Waals surface area contributed by atoms with E-state index >= 15 is 0 Å². The van der Waals surface area contributed by atoms with Gasteiger partial charge in [-0.15, -0.1) is 0 Å². The summed E-state index contributed by atoms with van der Waals surface area (Å²) in [5, 5.41) is 0.928. The molecule has 1 rings (SSSR count). The standard InChI is InChI=1S/C9H15NO3/c1-3-7(4-2)13-10-8(11)5-6-9(10)12/h7H,3-6H2,1-2H3. The normalized spacial score (nSPS) is 17.6. The second-order valence-electron chi connectivity index (χ2n) is 3.13. The predicted octanol–water partition coefficient (Wildman–Crippen LogP) is 1.26. The second kappa shape index (κ2) is 4.37. The number of rotatable bonds is 4. The minimum Gasteiger partial charge on any atom is -0.272 e. The zero-order chi connectivity index (χ0) is 9.84. The highest BCUT2D eigenvalue weighted by Crippen LogP contribution is 2.15. The van der Waals surface area contributed by atoms with Gasteiger partial charge in [0.05, 0.1) is 6.10 Å². The zero-order valence-corrected chi connectivity index (χ0v) is 8.08. The molecule has 1 fully saturated rings. The van der Waals surface area contributed by atoms with Gasteiger partial charge in [-0.2, -0.15) is 5.06 Å². The molecule has 0 atom stereocenters. The highest BCUT2D eigenvalue weighted by atomic mass is 16.7. The van der Waals surface area contributed by atoms with Crippen LogP contribution in [-0.2, 0) is 14.4 Å². The van der Waals surface area contributed by atoms with Gasteiger partial charge in [-0.05, 0) is 12.8 Å². The number of hydroxylamine groups is 2. The van der Waals surface area contributed by atoms with E-state index in [9.17, 15) is 9.59 Å². The molecule has 0 N–H and O–H groups in total. The van der Waals surface area contributed by atoms with Gasteiger partial charge in [0.2, 0.25) is 0 Å². The second-order valence-corrected chi connectivity index (χ2v) is 3.13. The quantitative estimate of drug-likeness (QED) is 0.619. The van der Waals surface area contributed by atoms with Gasteiger partial charge in [0, 0.05) is 12.8 Å². The molecule has 0 aliphatic carbocycles. The van der Waals surface area contributed by atoms with Gasteiger partial charge in [-0.1, -0.05) is 13.8 Å². The Kier molecular flexibility index (Phi) is 3.42. The lowest BCUT2D eigenvalue weighted by atomic mass is 10.2. The molecule has 1 heterocycles. The molecule has 4 heteroatoms. The van der Waals surface area contributed by atoms with Crippen LogP contribution >= 0.6 is 0 Å². The van der Waals surface area contributed by atoms with Crippen LogP contribution in [0.3, 0.4) is 0 Å². The molecule has 0 aromatic heterocycles. The van der Waals surface area contributed by atoms with Crippen molar-refractivity contribution in [3.63, 3.8) is 0 Å². The van der Waals surface area contributed by atoms with Gasteiger partial charge in [-0.3, -0.25) is 14.4 Å². The van der Waals surface area contributed by atoms with Crippen LogP contribution in [0.4, 0.5) is 0 Å². The lowest BCUT2D eigenvalue weighted by molar-refractivity contribution is -0.203. The molecule has 0 saturated carbocycles. The van der Waals surface area contributed by atoms with E-state index in [1.165, 1.54) is 0 Å². The Bertz CT molecular complexity index is 195. The molecule has 13 heavy (non-hydrogen) atoms. The lowest BCUT2D eigenvalue weighted by Gasteiger charge is -2.19. The molecule has 0 aromatic carbocycles. The van der Waals surface area contributed by atoms with E-state index in [-0.39, 0.29) is 17.9 Å². The number of hydrogen-bond donors (Lipinski definition) is 0. The Morgan fingerprint density at radius 2 is 1.69 bits per heavy atom. The molecule has 1 aliphatic heterocycles. The van der Waals surface area contributed by atoms with E-state index in [4.69, 9.17) is 4.84 Å². The van der Waals surface area contributed by atoms with Crippen LogP contribution in [0.15, 0.2) is 0 Å². The van der Waals surface area contributed by atoms with Crippen molar-refractivity contribution in [2.75, 3.05) is 0 Å². The molecule has 0 spiro atoms. The lowest BCUT2D eigenvalue weighted by Crippen LogP contribution is -2.33.